The average molecular weight is 234 g/mol. The molecule has 17 heavy (non-hydrogen) atoms. The highest BCUT2D eigenvalue weighted by atomic mass is 16.1. The topological polar surface area (TPSA) is 55.1 Å². The Morgan fingerprint density at radius 2 is 2.06 bits per heavy atom. The molecule has 0 spiro atoms. The van der Waals surface area contributed by atoms with E-state index in [1.54, 1.807) is 0 Å². The summed E-state index contributed by atoms with van der Waals surface area (Å²) in [7, 11) is 0. The van der Waals surface area contributed by atoms with E-state index < -0.39 is 0 Å². The predicted octanol–water partition coefficient (Wildman–Crippen LogP) is 2.16. The van der Waals surface area contributed by atoms with Crippen molar-refractivity contribution in [2.24, 2.45) is 5.73 Å². The second-order valence-electron chi connectivity index (χ2n) is 4.49. The molecule has 0 saturated carbocycles. The van der Waals surface area contributed by atoms with Crippen LogP contribution in [-0.2, 0) is 0 Å². The predicted molar refractivity (Wildman–Crippen MR) is 71.1 cm³/mol. The summed E-state index contributed by atoms with van der Waals surface area (Å²) in [6.45, 7) is 6.63. The largest absolute Gasteiger partial charge is 0.348 e. The third kappa shape index (κ3) is 3.86. The standard InChI is InChI=1S/C14H22N2O/c1-4-5-13(9-15)16-14(17)12-7-6-10(2)11(3)8-12/h6-8,13H,4-5,9,15H2,1-3H3,(H,16,17). The molecule has 0 saturated heterocycles. The van der Waals surface area contributed by atoms with E-state index in [4.69, 9.17) is 5.73 Å². The van der Waals surface area contributed by atoms with Crippen molar-refractivity contribution >= 4 is 5.91 Å². The molecule has 0 fully saturated rings. The zero-order valence-corrected chi connectivity index (χ0v) is 10.9. The van der Waals surface area contributed by atoms with Crippen molar-refractivity contribution in [3.05, 3.63) is 34.9 Å². The number of nitrogens with one attached hydrogen (secondary N) is 1. The molecule has 0 radical (unpaired) electrons. The van der Waals surface area contributed by atoms with Gasteiger partial charge in [0.2, 0.25) is 0 Å². The van der Waals surface area contributed by atoms with Gasteiger partial charge in [0.1, 0.15) is 0 Å². The minimum Gasteiger partial charge on any atom is -0.348 e. The molecular formula is C14H22N2O. The van der Waals surface area contributed by atoms with Gasteiger partial charge in [-0.05, 0) is 43.5 Å². The van der Waals surface area contributed by atoms with E-state index in [9.17, 15) is 4.79 Å². The smallest absolute Gasteiger partial charge is 0.251 e. The SMILES string of the molecule is CCCC(CN)NC(=O)c1ccc(C)c(C)c1. The van der Waals surface area contributed by atoms with Gasteiger partial charge in [0.05, 0.1) is 0 Å². The van der Waals surface area contributed by atoms with Gasteiger partial charge < -0.3 is 11.1 Å². The Morgan fingerprint density at radius 3 is 2.59 bits per heavy atom. The normalized spacial score (nSPS) is 12.2. The van der Waals surface area contributed by atoms with Crippen molar-refractivity contribution in [1.29, 1.82) is 0 Å². The monoisotopic (exact) mass is 234 g/mol. The second-order valence-corrected chi connectivity index (χ2v) is 4.49. The minimum absolute atomic E-state index is 0.0306. The lowest BCUT2D eigenvalue weighted by Gasteiger charge is -2.16. The Labute approximate surface area is 103 Å². The van der Waals surface area contributed by atoms with E-state index in [1.807, 2.05) is 32.0 Å². The first-order valence-corrected chi connectivity index (χ1v) is 6.16. The van der Waals surface area contributed by atoms with Gasteiger partial charge in [0.25, 0.3) is 5.91 Å². The first-order valence-electron chi connectivity index (χ1n) is 6.16. The molecule has 94 valence electrons. The molecule has 1 aromatic rings. The van der Waals surface area contributed by atoms with Crippen LogP contribution in [0.2, 0.25) is 0 Å². The number of hydrogen-bond donors (Lipinski definition) is 2. The number of carbonyl (C=O) groups is 1. The molecule has 3 nitrogen and oxygen atoms in total. The molecule has 1 atom stereocenters. The molecule has 0 bridgehead atoms. The molecule has 0 aromatic heterocycles. The van der Waals surface area contributed by atoms with Crippen molar-refractivity contribution in [2.45, 2.75) is 39.7 Å². The van der Waals surface area contributed by atoms with Gasteiger partial charge in [-0.15, -0.1) is 0 Å². The average Bonchev–Trinajstić information content (AvgIpc) is 2.31. The van der Waals surface area contributed by atoms with Crippen LogP contribution in [0.25, 0.3) is 0 Å². The summed E-state index contributed by atoms with van der Waals surface area (Å²) < 4.78 is 0. The van der Waals surface area contributed by atoms with Crippen LogP contribution in [0.4, 0.5) is 0 Å². The Bertz CT molecular complexity index is 388. The lowest BCUT2D eigenvalue weighted by molar-refractivity contribution is 0.0936. The molecule has 1 amide bonds. The van der Waals surface area contributed by atoms with E-state index >= 15 is 0 Å². The number of nitrogens with two attached hydrogens (primary N) is 1. The summed E-state index contributed by atoms with van der Waals surface area (Å²) in [5.41, 5.74) is 8.67. The van der Waals surface area contributed by atoms with Gasteiger partial charge in [0.15, 0.2) is 0 Å². The van der Waals surface area contributed by atoms with E-state index in [0.29, 0.717) is 12.1 Å². The van der Waals surface area contributed by atoms with E-state index in [1.165, 1.54) is 5.56 Å². The zero-order chi connectivity index (χ0) is 12.8. The highest BCUT2D eigenvalue weighted by Gasteiger charge is 2.11. The lowest BCUT2D eigenvalue weighted by atomic mass is 10.1. The highest BCUT2D eigenvalue weighted by molar-refractivity contribution is 5.94. The first-order chi connectivity index (χ1) is 8.08. The number of carbonyl (C=O) groups excluding carboxylic acids is 1. The van der Waals surface area contributed by atoms with Crippen LogP contribution in [0.5, 0.6) is 0 Å². The van der Waals surface area contributed by atoms with Crippen LogP contribution >= 0.6 is 0 Å². The highest BCUT2D eigenvalue weighted by Crippen LogP contribution is 2.10. The molecule has 0 aliphatic rings. The summed E-state index contributed by atoms with van der Waals surface area (Å²) in [4.78, 5) is 12.0. The van der Waals surface area contributed by atoms with Gasteiger partial charge >= 0.3 is 0 Å². The first kappa shape index (κ1) is 13.7. The fourth-order valence-electron chi connectivity index (χ4n) is 1.75. The van der Waals surface area contributed by atoms with Gasteiger partial charge in [0, 0.05) is 18.2 Å². The number of hydrogen-bond acceptors (Lipinski definition) is 2. The summed E-state index contributed by atoms with van der Waals surface area (Å²) in [6, 6.07) is 5.83. The van der Waals surface area contributed by atoms with Crippen LogP contribution in [0.15, 0.2) is 18.2 Å². The third-order valence-corrected chi connectivity index (χ3v) is 3.03. The second kappa shape index (κ2) is 6.40. The molecule has 1 rings (SSSR count). The van der Waals surface area contributed by atoms with Gasteiger partial charge in [-0.25, -0.2) is 0 Å². The van der Waals surface area contributed by atoms with Gasteiger partial charge in [-0.3, -0.25) is 4.79 Å². The van der Waals surface area contributed by atoms with Crippen molar-refractivity contribution in [3.63, 3.8) is 0 Å². The Kier molecular flexibility index (Phi) is 5.16. The Balaban J connectivity index is 2.72. The maximum Gasteiger partial charge on any atom is 0.251 e. The van der Waals surface area contributed by atoms with Gasteiger partial charge in [-0.2, -0.15) is 0 Å². The number of amides is 1. The molecule has 0 heterocycles. The maximum atomic E-state index is 12.0. The molecule has 1 unspecified atom stereocenters. The van der Waals surface area contributed by atoms with Crippen LogP contribution in [0.1, 0.15) is 41.3 Å². The molecule has 0 aliphatic heterocycles. The Morgan fingerprint density at radius 1 is 1.35 bits per heavy atom. The summed E-state index contributed by atoms with van der Waals surface area (Å²) in [6.07, 6.45) is 1.95. The van der Waals surface area contributed by atoms with E-state index in [0.717, 1.165) is 18.4 Å². The summed E-state index contributed by atoms with van der Waals surface area (Å²) >= 11 is 0. The maximum absolute atomic E-state index is 12.0. The molecule has 3 N–H and O–H groups in total. The van der Waals surface area contributed by atoms with Crippen LogP contribution < -0.4 is 11.1 Å². The fourth-order valence-corrected chi connectivity index (χ4v) is 1.75. The molecular weight excluding hydrogens is 212 g/mol. The number of benzene rings is 1. The van der Waals surface area contributed by atoms with E-state index in [-0.39, 0.29) is 11.9 Å². The molecule has 3 heteroatoms. The fraction of sp³-hybridized carbons (Fsp3) is 0.500. The van der Waals surface area contributed by atoms with Crippen molar-refractivity contribution < 1.29 is 4.79 Å². The lowest BCUT2D eigenvalue weighted by Crippen LogP contribution is -2.40. The number of rotatable bonds is 5. The van der Waals surface area contributed by atoms with Crippen molar-refractivity contribution in [3.8, 4) is 0 Å². The van der Waals surface area contributed by atoms with Gasteiger partial charge in [-0.1, -0.05) is 19.4 Å². The van der Waals surface area contributed by atoms with Crippen LogP contribution in [0, 0.1) is 13.8 Å². The quantitative estimate of drug-likeness (QED) is 0.820. The zero-order valence-electron chi connectivity index (χ0n) is 10.9. The van der Waals surface area contributed by atoms with Crippen molar-refractivity contribution in [2.75, 3.05) is 6.54 Å². The Hall–Kier alpha value is -1.35. The molecule has 0 aliphatic carbocycles. The van der Waals surface area contributed by atoms with Crippen molar-refractivity contribution in [1.82, 2.24) is 5.32 Å². The molecule has 1 aromatic carbocycles. The third-order valence-electron chi connectivity index (χ3n) is 3.03. The summed E-state index contributed by atoms with van der Waals surface area (Å²) in [5.74, 6) is -0.0306. The minimum atomic E-state index is -0.0306. The van der Waals surface area contributed by atoms with Crippen LogP contribution in [-0.4, -0.2) is 18.5 Å². The number of aryl methyl sites for hydroxylation is 2. The summed E-state index contributed by atoms with van der Waals surface area (Å²) in [5, 5.41) is 2.97. The van der Waals surface area contributed by atoms with E-state index in [2.05, 4.69) is 12.2 Å². The van der Waals surface area contributed by atoms with Crippen LogP contribution in [0.3, 0.4) is 0 Å².